The third kappa shape index (κ3) is 3.76. The SMILES string of the molecule is O=C(CC1CCCC1)Nc1ccccc1S(=O)(=O)F. The summed E-state index contributed by atoms with van der Waals surface area (Å²) in [5.74, 6) is 0.0946. The molecule has 1 aliphatic carbocycles. The Labute approximate surface area is 112 Å². The van der Waals surface area contributed by atoms with Crippen molar-refractivity contribution in [2.45, 2.75) is 37.0 Å². The molecule has 1 amide bonds. The Hall–Kier alpha value is -1.43. The highest BCUT2D eigenvalue weighted by Gasteiger charge is 2.21. The predicted octanol–water partition coefficient (Wildman–Crippen LogP) is 2.86. The maximum absolute atomic E-state index is 13.1. The highest BCUT2D eigenvalue weighted by atomic mass is 32.3. The van der Waals surface area contributed by atoms with Gasteiger partial charge < -0.3 is 5.32 Å². The number of hydrogen-bond donors (Lipinski definition) is 1. The van der Waals surface area contributed by atoms with E-state index in [-0.39, 0.29) is 11.6 Å². The molecule has 1 fully saturated rings. The van der Waals surface area contributed by atoms with E-state index in [1.165, 1.54) is 12.1 Å². The molecule has 0 radical (unpaired) electrons. The minimum absolute atomic E-state index is 0.00740. The third-order valence-corrected chi connectivity index (χ3v) is 4.25. The average Bonchev–Trinajstić information content (AvgIpc) is 2.81. The van der Waals surface area contributed by atoms with E-state index in [1.54, 1.807) is 6.07 Å². The Kier molecular flexibility index (Phi) is 4.19. The van der Waals surface area contributed by atoms with E-state index in [0.29, 0.717) is 12.3 Å². The molecule has 0 aliphatic heterocycles. The maximum atomic E-state index is 13.1. The van der Waals surface area contributed by atoms with Crippen LogP contribution in [-0.2, 0) is 15.0 Å². The standard InChI is InChI=1S/C13H16FNO3S/c14-19(17,18)12-8-4-3-7-11(12)15-13(16)9-10-5-1-2-6-10/h3-4,7-8,10H,1-2,5-6,9H2,(H,15,16). The van der Waals surface area contributed by atoms with E-state index in [4.69, 9.17) is 0 Å². The van der Waals surface area contributed by atoms with Crippen LogP contribution >= 0.6 is 0 Å². The Balaban J connectivity index is 2.08. The van der Waals surface area contributed by atoms with Crippen molar-refractivity contribution in [3.05, 3.63) is 24.3 Å². The number of hydrogen-bond acceptors (Lipinski definition) is 3. The van der Waals surface area contributed by atoms with Gasteiger partial charge in [0.15, 0.2) is 0 Å². The maximum Gasteiger partial charge on any atom is 0.334 e. The minimum Gasteiger partial charge on any atom is -0.325 e. The summed E-state index contributed by atoms with van der Waals surface area (Å²) in [5, 5.41) is 2.49. The lowest BCUT2D eigenvalue weighted by atomic mass is 10.0. The van der Waals surface area contributed by atoms with Crippen LogP contribution in [0, 0.1) is 5.92 Å². The van der Waals surface area contributed by atoms with Gasteiger partial charge in [-0.15, -0.1) is 3.89 Å². The molecular weight excluding hydrogens is 269 g/mol. The Morgan fingerprint density at radius 2 is 1.89 bits per heavy atom. The number of halogens is 1. The van der Waals surface area contributed by atoms with Crippen molar-refractivity contribution in [2.24, 2.45) is 5.92 Å². The summed E-state index contributed by atoms with van der Waals surface area (Å²) in [6, 6.07) is 5.50. The fraction of sp³-hybridized carbons (Fsp3) is 0.462. The van der Waals surface area contributed by atoms with E-state index in [2.05, 4.69) is 5.32 Å². The molecule has 6 heteroatoms. The van der Waals surface area contributed by atoms with Crippen molar-refractivity contribution in [1.82, 2.24) is 0 Å². The van der Waals surface area contributed by atoms with Crippen LogP contribution in [0.3, 0.4) is 0 Å². The van der Waals surface area contributed by atoms with Crippen molar-refractivity contribution in [1.29, 1.82) is 0 Å². The van der Waals surface area contributed by atoms with Crippen LogP contribution < -0.4 is 5.32 Å². The largest absolute Gasteiger partial charge is 0.334 e. The molecule has 1 aromatic rings. The fourth-order valence-corrected chi connectivity index (χ4v) is 3.08. The molecule has 0 atom stereocenters. The monoisotopic (exact) mass is 285 g/mol. The van der Waals surface area contributed by atoms with Crippen LogP contribution in [0.5, 0.6) is 0 Å². The fourth-order valence-electron chi connectivity index (χ4n) is 2.46. The molecule has 19 heavy (non-hydrogen) atoms. The van der Waals surface area contributed by atoms with Gasteiger partial charge in [0.25, 0.3) is 0 Å². The highest BCUT2D eigenvalue weighted by Crippen LogP contribution is 2.28. The van der Waals surface area contributed by atoms with Gasteiger partial charge in [0.05, 0.1) is 5.69 Å². The number of amides is 1. The summed E-state index contributed by atoms with van der Waals surface area (Å²) in [6.07, 6.45) is 4.68. The lowest BCUT2D eigenvalue weighted by molar-refractivity contribution is -0.117. The average molecular weight is 285 g/mol. The molecule has 0 spiro atoms. The summed E-state index contributed by atoms with van der Waals surface area (Å²) in [5.41, 5.74) is 0.00740. The third-order valence-electron chi connectivity index (χ3n) is 3.37. The zero-order chi connectivity index (χ0) is 13.9. The van der Waals surface area contributed by atoms with Crippen LogP contribution in [-0.4, -0.2) is 14.3 Å². The lowest BCUT2D eigenvalue weighted by Gasteiger charge is -2.11. The first-order valence-corrected chi connectivity index (χ1v) is 7.69. The second-order valence-corrected chi connectivity index (χ2v) is 6.15. The summed E-state index contributed by atoms with van der Waals surface area (Å²) in [4.78, 5) is 11.3. The Bertz CT molecular complexity index is 565. The number of para-hydroxylation sites is 1. The molecule has 0 saturated heterocycles. The van der Waals surface area contributed by atoms with Gasteiger partial charge >= 0.3 is 10.2 Å². The van der Waals surface area contributed by atoms with Crippen molar-refractivity contribution >= 4 is 21.8 Å². The molecule has 0 unspecified atom stereocenters. The Morgan fingerprint density at radius 1 is 1.26 bits per heavy atom. The molecule has 0 heterocycles. The van der Waals surface area contributed by atoms with E-state index < -0.39 is 15.1 Å². The van der Waals surface area contributed by atoms with Gasteiger partial charge in [0.1, 0.15) is 4.90 Å². The quantitative estimate of drug-likeness (QED) is 0.865. The topological polar surface area (TPSA) is 63.2 Å². The van der Waals surface area contributed by atoms with Crippen LogP contribution in [0.25, 0.3) is 0 Å². The first-order chi connectivity index (χ1) is 8.97. The lowest BCUT2D eigenvalue weighted by Crippen LogP contribution is -2.16. The molecule has 0 bridgehead atoms. The number of benzene rings is 1. The Morgan fingerprint density at radius 3 is 2.53 bits per heavy atom. The predicted molar refractivity (Wildman–Crippen MR) is 69.9 cm³/mol. The molecule has 2 rings (SSSR count). The van der Waals surface area contributed by atoms with Gasteiger partial charge in [-0.05, 0) is 30.9 Å². The molecule has 1 N–H and O–H groups in total. The van der Waals surface area contributed by atoms with Gasteiger partial charge in [0.2, 0.25) is 5.91 Å². The summed E-state index contributed by atoms with van der Waals surface area (Å²) in [6.45, 7) is 0. The number of carbonyl (C=O) groups excluding carboxylic acids is 1. The number of nitrogens with one attached hydrogen (secondary N) is 1. The number of carbonyl (C=O) groups is 1. The highest BCUT2D eigenvalue weighted by molar-refractivity contribution is 7.86. The normalized spacial score (nSPS) is 16.5. The van der Waals surface area contributed by atoms with E-state index >= 15 is 0 Å². The van der Waals surface area contributed by atoms with Crippen molar-refractivity contribution < 1.29 is 17.1 Å². The van der Waals surface area contributed by atoms with Gasteiger partial charge in [0, 0.05) is 6.42 Å². The second kappa shape index (κ2) is 5.69. The molecule has 0 aromatic heterocycles. The summed E-state index contributed by atoms with van der Waals surface area (Å²) < 4.78 is 35.0. The summed E-state index contributed by atoms with van der Waals surface area (Å²) in [7, 11) is -4.82. The van der Waals surface area contributed by atoms with E-state index in [0.717, 1.165) is 31.7 Å². The minimum atomic E-state index is -4.82. The molecule has 1 aromatic carbocycles. The molecule has 1 saturated carbocycles. The molecule has 104 valence electrons. The zero-order valence-corrected chi connectivity index (χ0v) is 11.2. The molecule has 1 aliphatic rings. The van der Waals surface area contributed by atoms with Gasteiger partial charge in [-0.25, -0.2) is 0 Å². The van der Waals surface area contributed by atoms with Crippen LogP contribution in [0.4, 0.5) is 9.57 Å². The number of anilines is 1. The van der Waals surface area contributed by atoms with Gasteiger partial charge in [-0.1, -0.05) is 25.0 Å². The van der Waals surface area contributed by atoms with E-state index in [9.17, 15) is 17.1 Å². The van der Waals surface area contributed by atoms with Crippen molar-refractivity contribution in [2.75, 3.05) is 5.32 Å². The first-order valence-electron chi connectivity index (χ1n) is 6.30. The van der Waals surface area contributed by atoms with Gasteiger partial charge in [-0.3, -0.25) is 4.79 Å². The van der Waals surface area contributed by atoms with Crippen molar-refractivity contribution in [3.8, 4) is 0 Å². The second-order valence-electron chi connectivity index (χ2n) is 4.84. The molecular formula is C13H16FNO3S. The van der Waals surface area contributed by atoms with Crippen molar-refractivity contribution in [3.63, 3.8) is 0 Å². The summed E-state index contributed by atoms with van der Waals surface area (Å²) >= 11 is 0. The first kappa shape index (κ1) is 14.0. The van der Waals surface area contributed by atoms with E-state index in [1.807, 2.05) is 0 Å². The number of rotatable bonds is 4. The zero-order valence-electron chi connectivity index (χ0n) is 10.4. The smallest absolute Gasteiger partial charge is 0.325 e. The van der Waals surface area contributed by atoms with Crippen LogP contribution in [0.2, 0.25) is 0 Å². The van der Waals surface area contributed by atoms with Crippen LogP contribution in [0.1, 0.15) is 32.1 Å². The molecule has 4 nitrogen and oxygen atoms in total. The van der Waals surface area contributed by atoms with Gasteiger partial charge in [-0.2, -0.15) is 8.42 Å². The van der Waals surface area contributed by atoms with Crippen LogP contribution in [0.15, 0.2) is 29.2 Å².